The number of aliphatic hydroxyl groups excluding tert-OH is 1. The summed E-state index contributed by atoms with van der Waals surface area (Å²) in [6.07, 6.45) is 15.4. The third-order valence-corrected chi connectivity index (χ3v) is 5.14. The van der Waals surface area contributed by atoms with E-state index < -0.39 is 24.0 Å². The van der Waals surface area contributed by atoms with Crippen LogP contribution < -0.4 is 11.1 Å². The predicted octanol–water partition coefficient (Wildman–Crippen LogP) is 4.14. The number of nitrogens with two attached hydrogens (primary N) is 1. The molecule has 0 bridgehead atoms. The smallest absolute Gasteiger partial charge is 0.326 e. The molecule has 0 aliphatic rings. The van der Waals surface area contributed by atoms with E-state index in [2.05, 4.69) is 12.2 Å². The Morgan fingerprint density at radius 3 is 1.82 bits per heavy atom. The molecule has 0 heterocycles. The van der Waals surface area contributed by atoms with Crippen LogP contribution in [0.15, 0.2) is 0 Å². The molecule has 6 heteroatoms. The van der Waals surface area contributed by atoms with Crippen molar-refractivity contribution in [2.24, 2.45) is 5.73 Å². The van der Waals surface area contributed by atoms with Crippen molar-refractivity contribution >= 4 is 11.9 Å². The Morgan fingerprint density at radius 1 is 0.821 bits per heavy atom. The Morgan fingerprint density at radius 2 is 1.32 bits per heavy atom. The van der Waals surface area contributed by atoms with E-state index in [9.17, 15) is 14.7 Å². The lowest BCUT2D eigenvalue weighted by Gasteiger charge is -2.16. The van der Waals surface area contributed by atoms with E-state index in [1.807, 2.05) is 0 Å². The highest BCUT2D eigenvalue weighted by atomic mass is 16.4. The average molecular weight is 401 g/mol. The van der Waals surface area contributed by atoms with Crippen LogP contribution >= 0.6 is 0 Å². The second kappa shape index (κ2) is 19.2. The van der Waals surface area contributed by atoms with Gasteiger partial charge in [-0.3, -0.25) is 4.79 Å². The normalized spacial score (nSPS) is 13.2. The van der Waals surface area contributed by atoms with Crippen molar-refractivity contribution < 1.29 is 19.8 Å². The summed E-state index contributed by atoms with van der Waals surface area (Å²) in [6.45, 7) is 2.75. The maximum absolute atomic E-state index is 11.9. The van der Waals surface area contributed by atoms with Crippen LogP contribution in [0.5, 0.6) is 0 Å². The zero-order chi connectivity index (χ0) is 21.0. The Bertz CT molecular complexity index is 391. The molecule has 166 valence electrons. The molecule has 0 radical (unpaired) electrons. The number of amides is 1. The quantitative estimate of drug-likeness (QED) is 0.229. The second-order valence-corrected chi connectivity index (χ2v) is 7.92. The molecule has 0 aromatic rings. The summed E-state index contributed by atoms with van der Waals surface area (Å²) in [5, 5.41) is 21.7. The molecule has 0 aliphatic carbocycles. The lowest BCUT2D eigenvalue weighted by Crippen LogP contribution is -2.41. The van der Waals surface area contributed by atoms with Gasteiger partial charge in [0, 0.05) is 0 Å². The Balaban J connectivity index is 3.67. The molecule has 0 aromatic carbocycles. The third-order valence-electron chi connectivity index (χ3n) is 5.14. The number of unbranched alkanes of at least 4 members (excludes halogenated alkanes) is 11. The molecule has 5 N–H and O–H groups in total. The van der Waals surface area contributed by atoms with Gasteiger partial charge < -0.3 is 21.3 Å². The number of carbonyl (C=O) groups is 2. The van der Waals surface area contributed by atoms with Crippen molar-refractivity contribution in [3.63, 3.8) is 0 Å². The van der Waals surface area contributed by atoms with E-state index in [0.717, 1.165) is 19.3 Å². The minimum absolute atomic E-state index is 0.0293. The standard InChI is InChI=1S/C22H44N2O4/c1-2-3-4-5-6-7-8-9-10-11-12-15-19(25)18-21(26)24-20(22(27)28)16-13-14-17-23/h19-20,25H,2-18,23H2,1H3,(H,24,26)(H,27,28). The van der Waals surface area contributed by atoms with E-state index in [-0.39, 0.29) is 6.42 Å². The molecule has 0 rings (SSSR count). The van der Waals surface area contributed by atoms with Gasteiger partial charge in [0.15, 0.2) is 0 Å². The molecule has 0 fully saturated rings. The molecule has 0 aliphatic heterocycles. The Kier molecular flexibility index (Phi) is 18.4. The van der Waals surface area contributed by atoms with Crippen molar-refractivity contribution in [1.29, 1.82) is 0 Å². The summed E-state index contributed by atoms with van der Waals surface area (Å²) < 4.78 is 0. The van der Waals surface area contributed by atoms with Crippen LogP contribution in [0.1, 0.15) is 110 Å². The number of carbonyl (C=O) groups excluding carboxylic acids is 1. The van der Waals surface area contributed by atoms with Crippen LogP contribution in [-0.4, -0.2) is 40.8 Å². The lowest BCUT2D eigenvalue weighted by molar-refractivity contribution is -0.142. The van der Waals surface area contributed by atoms with Gasteiger partial charge in [0.25, 0.3) is 0 Å². The van der Waals surface area contributed by atoms with Gasteiger partial charge in [0.05, 0.1) is 12.5 Å². The highest BCUT2D eigenvalue weighted by Crippen LogP contribution is 2.13. The van der Waals surface area contributed by atoms with E-state index in [0.29, 0.717) is 25.8 Å². The highest BCUT2D eigenvalue weighted by molar-refractivity contribution is 5.83. The maximum Gasteiger partial charge on any atom is 0.326 e. The largest absolute Gasteiger partial charge is 0.480 e. The topological polar surface area (TPSA) is 113 Å². The van der Waals surface area contributed by atoms with E-state index in [1.54, 1.807) is 0 Å². The monoisotopic (exact) mass is 400 g/mol. The fourth-order valence-electron chi connectivity index (χ4n) is 3.36. The average Bonchev–Trinajstić information content (AvgIpc) is 2.65. The molecule has 0 saturated carbocycles. The third kappa shape index (κ3) is 17.0. The van der Waals surface area contributed by atoms with E-state index >= 15 is 0 Å². The summed E-state index contributed by atoms with van der Waals surface area (Å²) in [6, 6.07) is -0.895. The van der Waals surface area contributed by atoms with Crippen molar-refractivity contribution in [3.8, 4) is 0 Å². The van der Waals surface area contributed by atoms with Crippen LogP contribution in [0.25, 0.3) is 0 Å². The molecule has 0 spiro atoms. The summed E-state index contributed by atoms with van der Waals surface area (Å²) in [5.41, 5.74) is 5.40. The first-order valence-corrected chi connectivity index (χ1v) is 11.4. The number of carboxylic acids is 1. The molecule has 2 atom stereocenters. The molecule has 2 unspecified atom stereocenters. The highest BCUT2D eigenvalue weighted by Gasteiger charge is 2.20. The number of hydrogen-bond donors (Lipinski definition) is 4. The fraction of sp³-hybridized carbons (Fsp3) is 0.909. The van der Waals surface area contributed by atoms with Gasteiger partial charge in [0.2, 0.25) is 5.91 Å². The summed E-state index contributed by atoms with van der Waals surface area (Å²) in [7, 11) is 0. The minimum atomic E-state index is -1.04. The number of nitrogens with one attached hydrogen (secondary N) is 1. The molecular formula is C22H44N2O4. The van der Waals surface area contributed by atoms with Crippen LogP contribution in [0.3, 0.4) is 0 Å². The summed E-state index contributed by atoms with van der Waals surface area (Å²) in [5.74, 6) is -1.43. The maximum atomic E-state index is 11.9. The minimum Gasteiger partial charge on any atom is -0.480 e. The first-order valence-electron chi connectivity index (χ1n) is 11.4. The van der Waals surface area contributed by atoms with Gasteiger partial charge in [-0.25, -0.2) is 4.79 Å². The van der Waals surface area contributed by atoms with E-state index in [1.165, 1.54) is 57.8 Å². The van der Waals surface area contributed by atoms with Crippen molar-refractivity contribution in [2.75, 3.05) is 6.54 Å². The molecular weight excluding hydrogens is 356 g/mol. The van der Waals surface area contributed by atoms with Crippen molar-refractivity contribution in [2.45, 2.75) is 122 Å². The summed E-state index contributed by atoms with van der Waals surface area (Å²) in [4.78, 5) is 23.1. The van der Waals surface area contributed by atoms with Crippen molar-refractivity contribution in [1.82, 2.24) is 5.32 Å². The van der Waals surface area contributed by atoms with Gasteiger partial charge in [0.1, 0.15) is 6.04 Å². The summed E-state index contributed by atoms with van der Waals surface area (Å²) >= 11 is 0. The van der Waals surface area contributed by atoms with Gasteiger partial charge in [-0.1, -0.05) is 77.6 Å². The molecule has 6 nitrogen and oxygen atoms in total. The SMILES string of the molecule is CCCCCCCCCCCCCC(O)CC(=O)NC(CCCCN)C(=O)O. The first kappa shape index (κ1) is 26.9. The van der Waals surface area contributed by atoms with E-state index in [4.69, 9.17) is 10.8 Å². The first-order chi connectivity index (χ1) is 13.5. The van der Waals surface area contributed by atoms with Crippen LogP contribution in [-0.2, 0) is 9.59 Å². The predicted molar refractivity (Wildman–Crippen MR) is 114 cm³/mol. The fourth-order valence-corrected chi connectivity index (χ4v) is 3.36. The number of rotatable bonds is 20. The number of aliphatic hydroxyl groups is 1. The Labute approximate surface area is 171 Å². The number of carboxylic acid groups (broad SMARTS) is 1. The second-order valence-electron chi connectivity index (χ2n) is 7.92. The lowest BCUT2D eigenvalue weighted by atomic mass is 10.0. The number of aliphatic carboxylic acids is 1. The molecule has 0 aromatic heterocycles. The van der Waals surface area contributed by atoms with Gasteiger partial charge in [-0.15, -0.1) is 0 Å². The number of hydrogen-bond acceptors (Lipinski definition) is 4. The van der Waals surface area contributed by atoms with Gasteiger partial charge >= 0.3 is 5.97 Å². The zero-order valence-electron chi connectivity index (χ0n) is 18.0. The van der Waals surface area contributed by atoms with Gasteiger partial charge in [-0.05, 0) is 32.2 Å². The Hall–Kier alpha value is -1.14. The van der Waals surface area contributed by atoms with Crippen LogP contribution in [0, 0.1) is 0 Å². The zero-order valence-corrected chi connectivity index (χ0v) is 18.0. The van der Waals surface area contributed by atoms with Crippen LogP contribution in [0.2, 0.25) is 0 Å². The van der Waals surface area contributed by atoms with Crippen LogP contribution in [0.4, 0.5) is 0 Å². The van der Waals surface area contributed by atoms with Gasteiger partial charge in [-0.2, -0.15) is 0 Å². The molecule has 0 saturated heterocycles. The molecule has 28 heavy (non-hydrogen) atoms. The molecule has 1 amide bonds. The van der Waals surface area contributed by atoms with Crippen molar-refractivity contribution in [3.05, 3.63) is 0 Å².